The van der Waals surface area contributed by atoms with E-state index in [1.54, 1.807) is 43.3 Å². The van der Waals surface area contributed by atoms with Gasteiger partial charge in [-0.3, -0.25) is 29.9 Å². The Morgan fingerprint density at radius 1 is 1.02 bits per heavy atom. The molecule has 5 amide bonds. The van der Waals surface area contributed by atoms with E-state index in [2.05, 4.69) is 15.6 Å². The minimum Gasteiger partial charge on any atom is -0.479 e. The topological polar surface area (TPSA) is 184 Å². The van der Waals surface area contributed by atoms with E-state index in [0.29, 0.717) is 16.8 Å². The Hall–Kier alpha value is -6.11. The number of aromatic amines is 1. The van der Waals surface area contributed by atoms with Gasteiger partial charge < -0.3 is 15.0 Å². The SMILES string of the molecule is CC(=O)Nc1cccc(-n2c(=O)[nH]cc(C=CC(C)=CC=C3C(=O)NC(=O)N(c4cccc(COC=N)c4)C3=O)c2=O)c1. The zero-order valence-electron chi connectivity index (χ0n) is 23.0. The molecule has 13 heteroatoms. The summed E-state index contributed by atoms with van der Waals surface area (Å²) in [5.41, 5.74) is 0.569. The lowest BCUT2D eigenvalue weighted by molar-refractivity contribution is -0.122. The Bertz CT molecular complexity index is 1850. The average molecular weight is 583 g/mol. The van der Waals surface area contributed by atoms with Crippen LogP contribution in [-0.2, 0) is 25.7 Å². The van der Waals surface area contributed by atoms with Crippen molar-refractivity contribution in [2.45, 2.75) is 20.5 Å². The van der Waals surface area contributed by atoms with Crippen LogP contribution in [-0.4, -0.2) is 39.7 Å². The smallest absolute Gasteiger partial charge is 0.335 e. The van der Waals surface area contributed by atoms with Crippen LogP contribution in [0.5, 0.6) is 0 Å². The van der Waals surface area contributed by atoms with Crippen LogP contribution in [0.2, 0.25) is 0 Å². The van der Waals surface area contributed by atoms with Crippen molar-refractivity contribution in [1.29, 1.82) is 5.41 Å². The van der Waals surface area contributed by atoms with Gasteiger partial charge in [-0.15, -0.1) is 0 Å². The van der Waals surface area contributed by atoms with Crippen molar-refractivity contribution in [3.8, 4) is 5.69 Å². The zero-order valence-corrected chi connectivity index (χ0v) is 23.0. The lowest BCUT2D eigenvalue weighted by Crippen LogP contribution is -2.54. The second-order valence-electron chi connectivity index (χ2n) is 9.24. The number of ether oxygens (including phenoxy) is 1. The molecular weight excluding hydrogens is 556 g/mol. The van der Waals surface area contributed by atoms with Gasteiger partial charge >= 0.3 is 11.7 Å². The molecule has 4 N–H and O–H groups in total. The van der Waals surface area contributed by atoms with Crippen LogP contribution in [0, 0.1) is 5.41 Å². The van der Waals surface area contributed by atoms with Gasteiger partial charge in [-0.2, -0.15) is 0 Å². The molecule has 1 fully saturated rings. The maximum Gasteiger partial charge on any atom is 0.335 e. The van der Waals surface area contributed by atoms with Crippen molar-refractivity contribution < 1.29 is 23.9 Å². The summed E-state index contributed by atoms with van der Waals surface area (Å²) in [7, 11) is 0. The number of imide groups is 2. The monoisotopic (exact) mass is 582 g/mol. The molecular formula is C30H26N6O7. The number of H-pyrrole nitrogens is 1. The summed E-state index contributed by atoms with van der Waals surface area (Å²) in [5, 5.41) is 11.7. The van der Waals surface area contributed by atoms with Gasteiger partial charge in [0.25, 0.3) is 17.4 Å². The lowest BCUT2D eigenvalue weighted by atomic mass is 10.1. The summed E-state index contributed by atoms with van der Waals surface area (Å²) >= 11 is 0. The fourth-order valence-electron chi connectivity index (χ4n) is 4.09. The number of hydrogen-bond acceptors (Lipinski definition) is 8. The van der Waals surface area contributed by atoms with Gasteiger partial charge in [-0.05, 0) is 55.0 Å². The number of carbonyl (C=O) groups excluding carboxylic acids is 4. The molecule has 218 valence electrons. The van der Waals surface area contributed by atoms with Crippen LogP contribution >= 0.6 is 0 Å². The molecule has 2 aromatic carbocycles. The third-order valence-electron chi connectivity index (χ3n) is 6.07. The van der Waals surface area contributed by atoms with Gasteiger partial charge in [0, 0.05) is 18.8 Å². The van der Waals surface area contributed by atoms with Crippen molar-refractivity contribution in [3.05, 3.63) is 116 Å². The molecule has 0 spiro atoms. The van der Waals surface area contributed by atoms with E-state index in [1.165, 1.54) is 49.5 Å². The third kappa shape index (κ3) is 6.97. The molecule has 0 atom stereocenters. The minimum atomic E-state index is -0.908. The summed E-state index contributed by atoms with van der Waals surface area (Å²) in [6.07, 6.45) is 7.76. The summed E-state index contributed by atoms with van der Waals surface area (Å²) in [6, 6.07) is 11.7. The predicted octanol–water partition coefficient (Wildman–Crippen LogP) is 2.78. The fraction of sp³-hybridized carbons (Fsp3) is 0.100. The first kappa shape index (κ1) is 29.9. The quantitative estimate of drug-likeness (QED) is 0.0983. The van der Waals surface area contributed by atoms with E-state index < -0.39 is 29.1 Å². The second kappa shape index (κ2) is 13.0. The fourth-order valence-corrected chi connectivity index (χ4v) is 4.09. The van der Waals surface area contributed by atoms with Gasteiger partial charge in [0.15, 0.2) is 6.40 Å². The Morgan fingerprint density at radius 3 is 2.51 bits per heavy atom. The van der Waals surface area contributed by atoms with Crippen LogP contribution in [0.15, 0.2) is 93.7 Å². The van der Waals surface area contributed by atoms with Crippen molar-refractivity contribution in [2.75, 3.05) is 10.2 Å². The number of amides is 5. The number of hydrogen-bond donors (Lipinski definition) is 4. The molecule has 1 saturated heterocycles. The number of nitrogens with one attached hydrogen (secondary N) is 4. The highest BCUT2D eigenvalue weighted by molar-refractivity contribution is 6.37. The first-order valence-corrected chi connectivity index (χ1v) is 12.8. The molecule has 0 bridgehead atoms. The lowest BCUT2D eigenvalue weighted by Gasteiger charge is -2.26. The van der Waals surface area contributed by atoms with E-state index in [-0.39, 0.29) is 35.0 Å². The largest absolute Gasteiger partial charge is 0.479 e. The van der Waals surface area contributed by atoms with Crippen molar-refractivity contribution in [2.24, 2.45) is 0 Å². The minimum absolute atomic E-state index is 0.0563. The molecule has 0 aliphatic carbocycles. The number of nitrogens with zero attached hydrogens (tertiary/aromatic N) is 2. The number of carbonyl (C=O) groups is 4. The van der Waals surface area contributed by atoms with Crippen molar-refractivity contribution in [1.82, 2.24) is 14.9 Å². The van der Waals surface area contributed by atoms with Gasteiger partial charge in [-0.25, -0.2) is 19.1 Å². The van der Waals surface area contributed by atoms with E-state index in [0.717, 1.165) is 15.9 Å². The highest BCUT2D eigenvalue weighted by Crippen LogP contribution is 2.22. The van der Waals surface area contributed by atoms with E-state index in [9.17, 15) is 28.8 Å². The molecule has 2 heterocycles. The number of anilines is 2. The highest BCUT2D eigenvalue weighted by Gasteiger charge is 2.36. The molecule has 1 aliphatic rings. The number of benzene rings is 2. The maximum atomic E-state index is 13.2. The average Bonchev–Trinajstić information content (AvgIpc) is 2.95. The molecule has 0 saturated carbocycles. The van der Waals surface area contributed by atoms with Crippen LogP contribution < -0.4 is 26.8 Å². The van der Waals surface area contributed by atoms with Crippen LogP contribution in [0.1, 0.15) is 25.0 Å². The van der Waals surface area contributed by atoms with Crippen molar-refractivity contribution >= 4 is 47.6 Å². The molecule has 1 aliphatic heterocycles. The molecule has 43 heavy (non-hydrogen) atoms. The second-order valence-corrected chi connectivity index (χ2v) is 9.24. The predicted molar refractivity (Wildman–Crippen MR) is 159 cm³/mol. The Balaban J connectivity index is 1.59. The first-order chi connectivity index (χ1) is 20.6. The van der Waals surface area contributed by atoms with Crippen LogP contribution in [0.4, 0.5) is 16.2 Å². The van der Waals surface area contributed by atoms with Gasteiger partial charge in [0.2, 0.25) is 5.91 Å². The number of rotatable bonds is 9. The highest BCUT2D eigenvalue weighted by atomic mass is 16.5. The van der Waals surface area contributed by atoms with Gasteiger partial charge in [0.1, 0.15) is 12.2 Å². The molecule has 0 unspecified atom stereocenters. The first-order valence-electron chi connectivity index (χ1n) is 12.8. The van der Waals surface area contributed by atoms with Gasteiger partial charge in [0.05, 0.1) is 16.9 Å². The van der Waals surface area contributed by atoms with E-state index in [1.807, 2.05) is 0 Å². The Kier molecular flexibility index (Phi) is 9.05. The Morgan fingerprint density at radius 2 is 1.77 bits per heavy atom. The van der Waals surface area contributed by atoms with Crippen LogP contribution in [0.3, 0.4) is 0 Å². The summed E-state index contributed by atoms with van der Waals surface area (Å²) in [6.45, 7) is 3.06. The summed E-state index contributed by atoms with van der Waals surface area (Å²) in [5.74, 6) is -2.01. The molecule has 0 radical (unpaired) electrons. The maximum absolute atomic E-state index is 13.2. The zero-order chi connectivity index (χ0) is 31.1. The number of barbiturate groups is 1. The standard InChI is InChI=1S/C30H26N6O7/c1-18(9-11-21-15-32-29(41)35(27(21)39)24-8-4-6-22(14-24)33-19(2)37)10-12-25-26(38)34-30(42)36(28(25)40)23-7-3-5-20(13-23)16-43-17-31/h3-15,17,31H,16H2,1-2H3,(H,32,41)(H,33,37)(H,34,38,42). The van der Waals surface area contributed by atoms with Gasteiger partial charge in [-0.1, -0.05) is 35.9 Å². The molecule has 13 nitrogen and oxygen atoms in total. The number of allylic oxidation sites excluding steroid dienone is 4. The van der Waals surface area contributed by atoms with Crippen molar-refractivity contribution in [3.63, 3.8) is 0 Å². The normalized spacial score (nSPS) is 14.7. The molecule has 3 aromatic rings. The molecule has 4 rings (SSSR count). The number of urea groups is 1. The third-order valence-corrected chi connectivity index (χ3v) is 6.07. The van der Waals surface area contributed by atoms with E-state index >= 15 is 0 Å². The molecule has 1 aromatic heterocycles. The van der Waals surface area contributed by atoms with Crippen LogP contribution in [0.25, 0.3) is 11.8 Å². The Labute approximate surface area is 244 Å². The summed E-state index contributed by atoms with van der Waals surface area (Å²) < 4.78 is 5.86. The number of aromatic nitrogens is 2. The summed E-state index contributed by atoms with van der Waals surface area (Å²) in [4.78, 5) is 78.5. The van der Waals surface area contributed by atoms with E-state index in [4.69, 9.17) is 10.1 Å².